The number of benzene rings is 2. The molecule has 2 atom stereocenters. The molecule has 0 bridgehead atoms. The van der Waals surface area contributed by atoms with Crippen molar-refractivity contribution < 1.29 is 19.1 Å². The first-order valence-electron chi connectivity index (χ1n) is 10.3. The van der Waals surface area contributed by atoms with Gasteiger partial charge < -0.3 is 25.4 Å². The fourth-order valence-electron chi connectivity index (χ4n) is 3.82. The first-order chi connectivity index (χ1) is 14.5. The Morgan fingerprint density at radius 2 is 1.87 bits per heavy atom. The van der Waals surface area contributed by atoms with Crippen LogP contribution in [0.5, 0.6) is 11.5 Å². The van der Waals surface area contributed by atoms with Gasteiger partial charge in [-0.3, -0.25) is 9.59 Å². The van der Waals surface area contributed by atoms with Crippen molar-refractivity contribution in [3.05, 3.63) is 53.6 Å². The first-order valence-corrected chi connectivity index (χ1v) is 10.3. The number of anilines is 1. The molecule has 0 unspecified atom stereocenters. The molecule has 7 nitrogen and oxygen atoms in total. The summed E-state index contributed by atoms with van der Waals surface area (Å²) >= 11 is 0. The van der Waals surface area contributed by atoms with Gasteiger partial charge in [0.05, 0.1) is 6.04 Å². The van der Waals surface area contributed by atoms with Crippen LogP contribution >= 0.6 is 0 Å². The lowest BCUT2D eigenvalue weighted by molar-refractivity contribution is -0.128. The Hall–Kier alpha value is -3.06. The molecule has 0 radical (unpaired) electrons. The molecular formula is C23H27N3O4. The van der Waals surface area contributed by atoms with Crippen LogP contribution in [0.2, 0.25) is 0 Å². The summed E-state index contributed by atoms with van der Waals surface area (Å²) in [5.41, 5.74) is 2.99. The number of rotatable bonds is 6. The Kier molecular flexibility index (Phi) is 5.90. The van der Waals surface area contributed by atoms with Crippen LogP contribution < -0.4 is 25.4 Å². The van der Waals surface area contributed by atoms with Gasteiger partial charge in [-0.2, -0.15) is 0 Å². The third kappa shape index (κ3) is 4.57. The first kappa shape index (κ1) is 20.2. The normalized spacial score (nSPS) is 17.9. The van der Waals surface area contributed by atoms with Crippen molar-refractivity contribution in [2.24, 2.45) is 5.92 Å². The fraction of sp³-hybridized carbons (Fsp3) is 0.391. The summed E-state index contributed by atoms with van der Waals surface area (Å²) < 4.78 is 10.7. The van der Waals surface area contributed by atoms with E-state index in [0.29, 0.717) is 36.6 Å². The highest BCUT2D eigenvalue weighted by atomic mass is 16.7. The molecule has 4 rings (SSSR count). The monoisotopic (exact) mass is 409 g/mol. The Bertz CT molecular complexity index is 944. The minimum atomic E-state index is -0.623. The summed E-state index contributed by atoms with van der Waals surface area (Å²) in [5, 5.41) is 9.12. The lowest BCUT2D eigenvalue weighted by atomic mass is 9.95. The van der Waals surface area contributed by atoms with Crippen LogP contribution in [-0.2, 0) is 22.6 Å². The quantitative estimate of drug-likeness (QED) is 0.683. The van der Waals surface area contributed by atoms with E-state index in [1.807, 2.05) is 32.0 Å². The summed E-state index contributed by atoms with van der Waals surface area (Å²) in [6, 6.07) is 12.4. The molecule has 0 spiro atoms. The average Bonchev–Trinajstić information content (AvgIpc) is 3.20. The number of carbonyl (C=O) groups is 2. The van der Waals surface area contributed by atoms with E-state index in [4.69, 9.17) is 9.47 Å². The smallest absolute Gasteiger partial charge is 0.246 e. The predicted octanol–water partition coefficient (Wildman–Crippen LogP) is 2.60. The van der Waals surface area contributed by atoms with Gasteiger partial charge in [-0.05, 0) is 42.0 Å². The summed E-state index contributed by atoms with van der Waals surface area (Å²) in [6.07, 6.45) is 1.16. The molecule has 0 saturated heterocycles. The zero-order valence-electron chi connectivity index (χ0n) is 17.2. The lowest BCUT2D eigenvalue weighted by Gasteiger charge is -2.28. The number of ether oxygens (including phenoxy) is 2. The molecule has 2 amide bonds. The number of carbonyl (C=O) groups excluding carboxylic acids is 2. The lowest BCUT2D eigenvalue weighted by Crippen LogP contribution is -2.53. The third-order valence-corrected chi connectivity index (χ3v) is 5.38. The highest BCUT2D eigenvalue weighted by Gasteiger charge is 2.29. The molecule has 158 valence electrons. The molecule has 2 aromatic rings. The SMILES string of the molecule is CC(C)C[C@@H](NC(=O)[C@@H]1Cc2ccccc2CN1)C(=O)Nc1ccc2c(c1)OCO2. The topological polar surface area (TPSA) is 88.7 Å². The van der Waals surface area contributed by atoms with Gasteiger partial charge in [0.15, 0.2) is 11.5 Å². The summed E-state index contributed by atoms with van der Waals surface area (Å²) in [7, 11) is 0. The summed E-state index contributed by atoms with van der Waals surface area (Å²) in [5.74, 6) is 1.10. The van der Waals surface area contributed by atoms with Gasteiger partial charge in [0.2, 0.25) is 18.6 Å². The van der Waals surface area contributed by atoms with Gasteiger partial charge in [0.25, 0.3) is 0 Å². The van der Waals surface area contributed by atoms with E-state index < -0.39 is 6.04 Å². The Balaban J connectivity index is 1.42. The molecular weight excluding hydrogens is 382 g/mol. The average molecular weight is 409 g/mol. The number of nitrogens with one attached hydrogen (secondary N) is 3. The van der Waals surface area contributed by atoms with Crippen molar-refractivity contribution in [3.8, 4) is 11.5 Å². The molecule has 30 heavy (non-hydrogen) atoms. The Morgan fingerprint density at radius 3 is 2.67 bits per heavy atom. The Morgan fingerprint density at radius 1 is 1.10 bits per heavy atom. The minimum Gasteiger partial charge on any atom is -0.454 e. The van der Waals surface area contributed by atoms with Crippen molar-refractivity contribution in [1.82, 2.24) is 10.6 Å². The van der Waals surface area contributed by atoms with Gasteiger partial charge in [0.1, 0.15) is 6.04 Å². The maximum Gasteiger partial charge on any atom is 0.246 e. The van der Waals surface area contributed by atoms with Crippen LogP contribution in [0.1, 0.15) is 31.4 Å². The van der Waals surface area contributed by atoms with Gasteiger partial charge in [-0.25, -0.2) is 0 Å². The second-order valence-corrected chi connectivity index (χ2v) is 8.15. The highest BCUT2D eigenvalue weighted by Crippen LogP contribution is 2.34. The van der Waals surface area contributed by atoms with Crippen molar-refractivity contribution >= 4 is 17.5 Å². The zero-order valence-corrected chi connectivity index (χ0v) is 17.2. The van der Waals surface area contributed by atoms with Crippen molar-refractivity contribution in [2.45, 2.75) is 45.3 Å². The van der Waals surface area contributed by atoms with Gasteiger partial charge in [-0.15, -0.1) is 0 Å². The Labute approximate surface area is 176 Å². The molecule has 2 aromatic carbocycles. The van der Waals surface area contributed by atoms with Crippen LogP contribution in [0.3, 0.4) is 0 Å². The maximum atomic E-state index is 12.9. The second kappa shape index (κ2) is 8.75. The van der Waals surface area contributed by atoms with Gasteiger partial charge in [0, 0.05) is 18.3 Å². The van der Waals surface area contributed by atoms with E-state index >= 15 is 0 Å². The van der Waals surface area contributed by atoms with Crippen LogP contribution in [-0.4, -0.2) is 30.7 Å². The zero-order chi connectivity index (χ0) is 21.1. The number of amides is 2. The molecule has 7 heteroatoms. The summed E-state index contributed by atoms with van der Waals surface area (Å²) in [4.78, 5) is 25.9. The van der Waals surface area contributed by atoms with Crippen LogP contribution in [0, 0.1) is 5.92 Å². The van der Waals surface area contributed by atoms with Crippen LogP contribution in [0.15, 0.2) is 42.5 Å². The van der Waals surface area contributed by atoms with E-state index in [9.17, 15) is 9.59 Å². The molecule has 0 saturated carbocycles. The standard InChI is InChI=1S/C23H27N3O4/c1-14(2)9-19(23(28)25-17-7-8-20-21(11-17)30-13-29-20)26-22(27)18-10-15-5-3-4-6-16(15)12-24-18/h3-8,11,14,18-19,24H,9-10,12-13H2,1-2H3,(H,25,28)(H,26,27)/t18-,19+/m0/s1. The van der Waals surface area contributed by atoms with Crippen molar-refractivity contribution in [3.63, 3.8) is 0 Å². The maximum absolute atomic E-state index is 12.9. The highest BCUT2D eigenvalue weighted by molar-refractivity contribution is 5.98. The molecule has 3 N–H and O–H groups in total. The molecule has 2 aliphatic heterocycles. The number of fused-ring (bicyclic) bond motifs is 2. The van der Waals surface area contributed by atoms with Crippen molar-refractivity contribution in [2.75, 3.05) is 12.1 Å². The second-order valence-electron chi connectivity index (χ2n) is 8.15. The molecule has 2 heterocycles. The third-order valence-electron chi connectivity index (χ3n) is 5.38. The molecule has 0 aliphatic carbocycles. The number of hydrogen-bond donors (Lipinski definition) is 3. The van der Waals surface area contributed by atoms with Gasteiger partial charge in [-0.1, -0.05) is 38.1 Å². The van der Waals surface area contributed by atoms with Gasteiger partial charge >= 0.3 is 0 Å². The molecule has 0 fully saturated rings. The van der Waals surface area contributed by atoms with Crippen LogP contribution in [0.25, 0.3) is 0 Å². The van der Waals surface area contributed by atoms with Crippen molar-refractivity contribution in [1.29, 1.82) is 0 Å². The van der Waals surface area contributed by atoms with E-state index in [-0.39, 0.29) is 30.6 Å². The van der Waals surface area contributed by atoms with Crippen LogP contribution in [0.4, 0.5) is 5.69 Å². The largest absolute Gasteiger partial charge is 0.454 e. The minimum absolute atomic E-state index is 0.156. The van der Waals surface area contributed by atoms with E-state index in [0.717, 1.165) is 0 Å². The molecule has 0 aromatic heterocycles. The van der Waals surface area contributed by atoms with E-state index in [1.165, 1.54) is 11.1 Å². The van der Waals surface area contributed by atoms with E-state index in [1.54, 1.807) is 18.2 Å². The number of hydrogen-bond acceptors (Lipinski definition) is 5. The fourth-order valence-corrected chi connectivity index (χ4v) is 3.82. The predicted molar refractivity (Wildman–Crippen MR) is 113 cm³/mol. The molecule has 2 aliphatic rings. The van der Waals surface area contributed by atoms with E-state index in [2.05, 4.69) is 22.0 Å². The summed E-state index contributed by atoms with van der Waals surface area (Å²) in [6.45, 7) is 4.88.